The average molecular weight is 440 g/mol. The molecule has 0 aromatic heterocycles. The third-order valence-corrected chi connectivity index (χ3v) is 5.72. The monoisotopic (exact) mass is 439 g/mol. The van der Waals surface area contributed by atoms with Crippen LogP contribution in [-0.4, -0.2) is 84.2 Å². The smallest absolute Gasteiger partial charge is 0.333 e. The quantitative estimate of drug-likeness (QED) is 0.440. The highest BCUT2D eigenvalue weighted by atomic mass is 16.5. The van der Waals surface area contributed by atoms with Crippen LogP contribution in [0.1, 0.15) is 54.9 Å². The minimum Gasteiger partial charge on any atom is -0.463 e. The number of likely N-dealkylation sites (tertiary alicyclic amines) is 1. The first-order chi connectivity index (χ1) is 14.2. The van der Waals surface area contributed by atoms with Crippen LogP contribution in [0.2, 0.25) is 0 Å². The number of likely N-dealkylation sites (N-methyl/N-ethyl adjacent to an activating group) is 2. The van der Waals surface area contributed by atoms with Gasteiger partial charge in [0.2, 0.25) is 11.8 Å². The van der Waals surface area contributed by atoms with Gasteiger partial charge in [0.05, 0.1) is 24.8 Å². The Morgan fingerprint density at radius 2 is 1.87 bits per heavy atom. The van der Waals surface area contributed by atoms with Gasteiger partial charge in [-0.2, -0.15) is 0 Å². The molecule has 8 nitrogen and oxygen atoms in total. The van der Waals surface area contributed by atoms with Crippen LogP contribution < -0.4 is 5.32 Å². The molecular weight excluding hydrogens is 398 g/mol. The van der Waals surface area contributed by atoms with E-state index < -0.39 is 29.6 Å². The normalized spacial score (nSPS) is 22.2. The van der Waals surface area contributed by atoms with Crippen LogP contribution >= 0.6 is 0 Å². The molecule has 2 unspecified atom stereocenters. The standard InChI is InChI=1S/C23H41N3O5/c1-10-31-22(30)15(4)11-17(14(2)3)26(9)21(29)19(23(5,6)7)24-20(28)18-12-16(27)13-25(18)8/h11,14,16-19,27H,10,12-13H2,1-9H3,(H,24,28)/b15-11+/t16-,17-,18?,19?/m1/s1. The summed E-state index contributed by atoms with van der Waals surface area (Å²) < 4.78 is 5.06. The van der Waals surface area contributed by atoms with Gasteiger partial charge in [-0.3, -0.25) is 14.5 Å². The lowest BCUT2D eigenvalue weighted by Gasteiger charge is -2.38. The summed E-state index contributed by atoms with van der Waals surface area (Å²) in [4.78, 5) is 41.9. The molecule has 0 saturated carbocycles. The maximum atomic E-state index is 13.5. The number of aliphatic hydroxyl groups is 1. The molecular formula is C23H41N3O5. The number of carbonyl (C=O) groups is 3. The molecule has 0 spiro atoms. The number of hydrogen-bond acceptors (Lipinski definition) is 6. The van der Waals surface area contributed by atoms with Gasteiger partial charge >= 0.3 is 5.97 Å². The summed E-state index contributed by atoms with van der Waals surface area (Å²) in [5.74, 6) is -0.850. The summed E-state index contributed by atoms with van der Waals surface area (Å²) in [6, 6.07) is -1.56. The Morgan fingerprint density at radius 1 is 1.29 bits per heavy atom. The molecule has 1 saturated heterocycles. The largest absolute Gasteiger partial charge is 0.463 e. The van der Waals surface area contributed by atoms with Crippen LogP contribution in [0.5, 0.6) is 0 Å². The Morgan fingerprint density at radius 3 is 2.29 bits per heavy atom. The second kappa shape index (κ2) is 11.1. The molecule has 0 radical (unpaired) electrons. The zero-order chi connectivity index (χ0) is 24.1. The van der Waals surface area contributed by atoms with Crippen molar-refractivity contribution in [2.75, 3.05) is 27.2 Å². The van der Waals surface area contributed by atoms with E-state index in [2.05, 4.69) is 5.32 Å². The van der Waals surface area contributed by atoms with Gasteiger partial charge in [0, 0.05) is 19.2 Å². The SMILES string of the molecule is CCOC(=O)/C(C)=C/[C@H](C(C)C)N(C)C(=O)C(NC(=O)C1C[C@@H](O)CN1C)C(C)(C)C. The minimum absolute atomic E-state index is 0.0470. The fourth-order valence-corrected chi connectivity index (χ4v) is 3.84. The molecule has 0 bridgehead atoms. The summed E-state index contributed by atoms with van der Waals surface area (Å²) in [7, 11) is 3.48. The second-order valence-corrected chi connectivity index (χ2v) is 9.91. The van der Waals surface area contributed by atoms with Crippen LogP contribution in [0.3, 0.4) is 0 Å². The number of nitrogens with one attached hydrogen (secondary N) is 1. The highest BCUT2D eigenvalue weighted by Gasteiger charge is 2.40. The van der Waals surface area contributed by atoms with E-state index in [0.717, 1.165) is 0 Å². The van der Waals surface area contributed by atoms with Crippen LogP contribution in [-0.2, 0) is 19.1 Å². The van der Waals surface area contributed by atoms with Gasteiger partial charge in [-0.1, -0.05) is 40.7 Å². The molecule has 1 fully saturated rings. The van der Waals surface area contributed by atoms with Crippen LogP contribution in [0.15, 0.2) is 11.6 Å². The van der Waals surface area contributed by atoms with Gasteiger partial charge in [0.1, 0.15) is 6.04 Å². The number of ether oxygens (including phenoxy) is 1. The summed E-state index contributed by atoms with van der Waals surface area (Å²) >= 11 is 0. The van der Waals surface area contributed by atoms with Crippen molar-refractivity contribution in [1.82, 2.24) is 15.1 Å². The lowest BCUT2D eigenvalue weighted by atomic mass is 9.85. The van der Waals surface area contributed by atoms with Crippen molar-refractivity contribution >= 4 is 17.8 Å². The molecule has 0 aromatic rings. The summed E-state index contributed by atoms with van der Waals surface area (Å²) in [5.41, 5.74) is -0.0868. The Balaban J connectivity index is 3.11. The zero-order valence-corrected chi connectivity index (χ0v) is 20.6. The lowest BCUT2D eigenvalue weighted by molar-refractivity contribution is -0.141. The maximum Gasteiger partial charge on any atom is 0.333 e. The van der Waals surface area contributed by atoms with Crippen molar-refractivity contribution in [3.8, 4) is 0 Å². The Kier molecular flexibility index (Phi) is 9.69. The van der Waals surface area contributed by atoms with E-state index >= 15 is 0 Å². The minimum atomic E-state index is -0.756. The highest BCUT2D eigenvalue weighted by Crippen LogP contribution is 2.25. The van der Waals surface area contributed by atoms with Crippen LogP contribution in [0, 0.1) is 11.3 Å². The highest BCUT2D eigenvalue weighted by molar-refractivity contribution is 5.91. The molecule has 31 heavy (non-hydrogen) atoms. The average Bonchev–Trinajstić information content (AvgIpc) is 2.99. The molecule has 1 rings (SSSR count). The van der Waals surface area contributed by atoms with Gasteiger partial charge in [-0.25, -0.2) is 4.79 Å². The fourth-order valence-electron chi connectivity index (χ4n) is 3.84. The number of hydrogen-bond donors (Lipinski definition) is 2. The van der Waals surface area contributed by atoms with Crippen molar-refractivity contribution in [2.45, 2.75) is 79.1 Å². The van der Waals surface area contributed by atoms with Crippen molar-refractivity contribution in [1.29, 1.82) is 0 Å². The molecule has 4 atom stereocenters. The molecule has 1 aliphatic rings. The number of rotatable bonds is 8. The third kappa shape index (κ3) is 7.31. The molecule has 2 amide bonds. The first-order valence-corrected chi connectivity index (χ1v) is 11.0. The van der Waals surface area contributed by atoms with Gasteiger partial charge in [0.25, 0.3) is 0 Å². The number of carbonyl (C=O) groups excluding carboxylic acids is 3. The Labute approximate surface area is 187 Å². The molecule has 0 aromatic carbocycles. The summed E-state index contributed by atoms with van der Waals surface area (Å²) in [5, 5.41) is 12.8. The molecule has 178 valence electrons. The van der Waals surface area contributed by atoms with E-state index in [1.54, 1.807) is 43.8 Å². The van der Waals surface area contributed by atoms with E-state index in [4.69, 9.17) is 4.74 Å². The maximum absolute atomic E-state index is 13.5. The summed E-state index contributed by atoms with van der Waals surface area (Å²) in [6.07, 6.45) is 1.55. The van der Waals surface area contributed by atoms with Crippen molar-refractivity contribution in [3.05, 3.63) is 11.6 Å². The number of β-amino-alcohol motifs (C(OH)–C–C–N with tert-alkyl or cyclic N) is 1. The number of nitrogens with zero attached hydrogens (tertiary/aromatic N) is 2. The van der Waals surface area contributed by atoms with Gasteiger partial charge < -0.3 is 20.1 Å². The Hall–Kier alpha value is -1.93. The lowest BCUT2D eigenvalue weighted by Crippen LogP contribution is -2.58. The van der Waals surface area contributed by atoms with Crippen LogP contribution in [0.25, 0.3) is 0 Å². The fraction of sp³-hybridized carbons (Fsp3) is 0.783. The van der Waals surface area contributed by atoms with E-state index in [-0.39, 0.29) is 30.4 Å². The number of aliphatic hydroxyl groups excluding tert-OH is 1. The van der Waals surface area contributed by atoms with Crippen molar-refractivity contribution in [3.63, 3.8) is 0 Å². The molecule has 1 heterocycles. The zero-order valence-electron chi connectivity index (χ0n) is 20.6. The number of amides is 2. The van der Waals surface area contributed by atoms with Crippen molar-refractivity contribution < 1.29 is 24.2 Å². The van der Waals surface area contributed by atoms with E-state index in [0.29, 0.717) is 18.5 Å². The van der Waals surface area contributed by atoms with Crippen LogP contribution in [0.4, 0.5) is 0 Å². The van der Waals surface area contributed by atoms with Gasteiger partial charge in [0.15, 0.2) is 0 Å². The number of esters is 1. The first kappa shape index (κ1) is 27.1. The first-order valence-electron chi connectivity index (χ1n) is 11.0. The third-order valence-electron chi connectivity index (χ3n) is 5.72. The second-order valence-electron chi connectivity index (χ2n) is 9.91. The van der Waals surface area contributed by atoms with E-state index in [9.17, 15) is 19.5 Å². The molecule has 0 aliphatic carbocycles. The molecule has 1 aliphatic heterocycles. The molecule has 2 N–H and O–H groups in total. The van der Waals surface area contributed by atoms with Gasteiger partial charge in [-0.05, 0) is 38.6 Å². The van der Waals surface area contributed by atoms with E-state index in [1.165, 1.54) is 0 Å². The summed E-state index contributed by atoms with van der Waals surface area (Å²) in [6.45, 7) is 13.8. The van der Waals surface area contributed by atoms with E-state index in [1.807, 2.05) is 34.6 Å². The molecule has 8 heteroatoms. The topological polar surface area (TPSA) is 99.2 Å². The Bertz CT molecular complexity index is 683. The van der Waals surface area contributed by atoms with Crippen molar-refractivity contribution in [2.24, 2.45) is 11.3 Å². The predicted molar refractivity (Wildman–Crippen MR) is 120 cm³/mol. The predicted octanol–water partition coefficient (Wildman–Crippen LogP) is 1.57. The van der Waals surface area contributed by atoms with Gasteiger partial charge in [-0.15, -0.1) is 0 Å².